The van der Waals surface area contributed by atoms with Crippen LogP contribution in [0.1, 0.15) is 216 Å². The van der Waals surface area contributed by atoms with Crippen molar-refractivity contribution in [3.63, 3.8) is 0 Å². The van der Waals surface area contributed by atoms with E-state index in [0.717, 1.165) is 32.1 Å². The van der Waals surface area contributed by atoms with Crippen molar-refractivity contribution < 1.29 is 13.2 Å². The van der Waals surface area contributed by atoms with Crippen molar-refractivity contribution in [2.75, 3.05) is 0 Å². The number of hydrogen-bond donors (Lipinski definition) is 1. The quantitative estimate of drug-likeness (QED) is 0.0351. The molecule has 1 aliphatic rings. The fourth-order valence-electron chi connectivity index (χ4n) is 13.7. The van der Waals surface area contributed by atoms with E-state index in [2.05, 4.69) is 135 Å². The van der Waals surface area contributed by atoms with Gasteiger partial charge in [0.1, 0.15) is 10.6 Å². The van der Waals surface area contributed by atoms with Crippen LogP contribution in [0.4, 0.5) is 13.2 Å². The van der Waals surface area contributed by atoms with E-state index in [1.54, 1.807) is 16.4 Å². The molecule has 1 fully saturated rings. The van der Waals surface area contributed by atoms with Gasteiger partial charge in [-0.2, -0.15) is 18.0 Å². The highest BCUT2D eigenvalue weighted by molar-refractivity contribution is 7.96. The lowest BCUT2D eigenvalue weighted by Gasteiger charge is -2.41. The van der Waals surface area contributed by atoms with E-state index < -0.39 is 51.4 Å². The van der Waals surface area contributed by atoms with Gasteiger partial charge < -0.3 is 0 Å². The largest absolute Gasteiger partial charge is 0.420 e. The molecule has 0 radical (unpaired) electrons. The maximum Gasteiger partial charge on any atom is 0.420 e. The monoisotopic (exact) mass is 1130 g/mol. The molecule has 5 rings (SSSR count). The minimum Gasteiger partial charge on any atom is -0.166 e. The molecule has 1 nitrogen and oxygen atoms in total. The summed E-state index contributed by atoms with van der Waals surface area (Å²) in [5.74, 6) is 0. The first-order chi connectivity index (χ1) is 36.9. The molecule has 76 heavy (non-hydrogen) atoms. The van der Waals surface area contributed by atoms with Crippen LogP contribution in [0, 0.1) is 0 Å². The summed E-state index contributed by atoms with van der Waals surface area (Å²) >= 11 is 0. The third-order valence-electron chi connectivity index (χ3n) is 18.3. The molecule has 9 heteroatoms. The summed E-state index contributed by atoms with van der Waals surface area (Å²) in [5, 5.41) is 9.09. The summed E-state index contributed by atoms with van der Waals surface area (Å²) in [6.07, 6.45) is 22.7. The minimum absolute atomic E-state index is 0.0913. The molecule has 1 atom stereocenters. The molecule has 0 aliphatic heterocycles. The van der Waals surface area contributed by atoms with E-state index in [1.165, 1.54) is 197 Å². The van der Waals surface area contributed by atoms with Crippen molar-refractivity contribution in [2.45, 2.75) is 276 Å². The van der Waals surface area contributed by atoms with Crippen LogP contribution >= 0.6 is 15.5 Å². The lowest BCUT2D eigenvalue weighted by Crippen LogP contribution is -2.51. The Kier molecular flexibility index (Phi) is 28.3. The Morgan fingerprint density at radius 1 is 0.434 bits per heavy atom. The topological polar surface area (TPSA) is 12.0 Å². The van der Waals surface area contributed by atoms with Gasteiger partial charge in [0.05, 0.1) is 43.5 Å². The Hall–Kier alpha value is -1.86. The average molecular weight is 1130 g/mol. The first kappa shape index (κ1) is 65.0. The normalized spacial score (nSPS) is 14.9. The molecule has 0 bridgehead atoms. The summed E-state index contributed by atoms with van der Waals surface area (Å²) in [7, 11) is -10.4. The number of alkyl halides is 3. The third-order valence-corrected chi connectivity index (χ3v) is 42.3. The molecule has 0 heterocycles. The van der Waals surface area contributed by atoms with Crippen molar-refractivity contribution in [1.82, 2.24) is 4.86 Å². The summed E-state index contributed by atoms with van der Waals surface area (Å²) in [6, 6.07) is 48.4. The van der Waals surface area contributed by atoms with Gasteiger partial charge in [0.15, 0.2) is 7.41 Å². The van der Waals surface area contributed by atoms with Gasteiger partial charge in [-0.25, -0.2) is 0 Å². The van der Waals surface area contributed by atoms with Crippen LogP contribution in [0.2, 0.25) is 54.4 Å². The number of benzene rings is 4. The van der Waals surface area contributed by atoms with Crippen LogP contribution in [0.15, 0.2) is 97.1 Å². The predicted octanol–water partition coefficient (Wildman–Crippen LogP) is 19.7. The van der Waals surface area contributed by atoms with Crippen molar-refractivity contribution in [2.24, 2.45) is 0 Å². The fraction of sp³-hybridized carbons (Fsp3) is 0.642. The maximum atomic E-state index is 16.3. The molecule has 0 aromatic heterocycles. The Labute approximate surface area is 470 Å². The number of nitrogens with one attached hydrogen (secondary N) is 1. The molecule has 0 saturated heterocycles. The van der Waals surface area contributed by atoms with Gasteiger partial charge in [-0.3, -0.25) is 0 Å². The summed E-state index contributed by atoms with van der Waals surface area (Å²) in [4.78, 5) is 4.76. The van der Waals surface area contributed by atoms with Crippen LogP contribution < -0.4 is 41.6 Å². The van der Waals surface area contributed by atoms with E-state index in [1.807, 2.05) is 12.1 Å². The van der Waals surface area contributed by atoms with Crippen LogP contribution in [-0.4, -0.2) is 29.9 Å². The standard InChI is InChI=1S/C67H109F3NP2Si3/c1-10-19-46-74(47-20-11-2,48-21-12-3)62-41-33-36-58(55-62)72(59-37-34-42-63(56-59)75(49-22-13-4,50-23-14-5)51-24-15-6)71-73(60-38-29-28-30-39-60,66-45-32-31-44-65(66)67(68,69)70)61-40-35-43-64(57-61)76(52-25-16-7,53-26-17-8)54-27-18-9/h31-37,40-45,55-57,60,71H,10-30,38-39,46-54H2,1-9H3/q+1. The molecule has 1 unspecified atom stereocenters. The van der Waals surface area contributed by atoms with Crippen molar-refractivity contribution in [3.8, 4) is 0 Å². The van der Waals surface area contributed by atoms with Crippen molar-refractivity contribution in [3.05, 3.63) is 103 Å². The molecule has 4 aromatic carbocycles. The Morgan fingerprint density at radius 2 is 0.776 bits per heavy atom. The van der Waals surface area contributed by atoms with E-state index in [9.17, 15) is 0 Å². The second kappa shape index (κ2) is 33.2. The summed E-state index contributed by atoms with van der Waals surface area (Å²) < 4.78 is 49.0. The van der Waals surface area contributed by atoms with Crippen molar-refractivity contribution >= 4 is 76.5 Å². The molecule has 4 aromatic rings. The van der Waals surface area contributed by atoms with Crippen LogP contribution in [0.25, 0.3) is 0 Å². The molecule has 0 amide bonds. The van der Waals surface area contributed by atoms with E-state index in [-0.39, 0.29) is 5.66 Å². The number of rotatable bonds is 37. The lowest BCUT2D eigenvalue weighted by atomic mass is 10.0. The highest BCUT2D eigenvalue weighted by Gasteiger charge is 2.57. The van der Waals surface area contributed by atoms with Gasteiger partial charge in [0, 0.05) is 0 Å². The Morgan fingerprint density at radius 3 is 1.13 bits per heavy atom. The van der Waals surface area contributed by atoms with E-state index >= 15 is 13.2 Å². The third kappa shape index (κ3) is 16.9. The first-order valence-corrected chi connectivity index (χ1v) is 42.9. The highest BCUT2D eigenvalue weighted by atomic mass is 31.2. The zero-order valence-electron chi connectivity index (χ0n) is 50.0. The summed E-state index contributed by atoms with van der Waals surface area (Å²) in [6.45, 7) is 21.2. The molecular weight excluding hydrogens is 1020 g/mol. The second-order valence-corrected chi connectivity index (χ2v) is 43.5. The van der Waals surface area contributed by atoms with Crippen LogP contribution in [0.5, 0.6) is 0 Å². The minimum atomic E-state index is -4.49. The van der Waals surface area contributed by atoms with Gasteiger partial charge in [0.25, 0.3) is 0 Å². The Bertz CT molecular complexity index is 2100. The van der Waals surface area contributed by atoms with Gasteiger partial charge in [-0.15, -0.1) is 0 Å². The average Bonchev–Trinajstić information content (AvgIpc) is 3.47. The highest BCUT2D eigenvalue weighted by Crippen LogP contribution is 2.66. The van der Waals surface area contributed by atoms with Gasteiger partial charge >= 0.3 is 6.18 Å². The smallest absolute Gasteiger partial charge is 0.166 e. The number of unbranched alkanes of at least 4 members (excludes halogenated alkanes) is 9. The second-order valence-electron chi connectivity index (χ2n) is 23.9. The SMILES string of the molecule is CCCC[Si](CCCC)(CCCC)c1cccc(P(N[P+](c2cccc([Si](CCCC)(CCCC)CCCC)c2)(c2ccccc2C(F)(F)F)C2CCCCC2)c2cccc([Si](CCCC)(CCCC)CCCC)c2)c1. The Balaban J connectivity index is 1.99. The number of halogens is 3. The molecule has 424 valence electrons. The molecular formula is C67H109F3NP2Si3+. The number of hydrogen-bond acceptors (Lipinski definition) is 1. The molecule has 1 saturated carbocycles. The first-order valence-electron chi connectivity index (χ1n) is 31.8. The van der Waals surface area contributed by atoms with Crippen LogP contribution in [0.3, 0.4) is 0 Å². The lowest BCUT2D eigenvalue weighted by molar-refractivity contribution is -0.136. The van der Waals surface area contributed by atoms with E-state index in [4.69, 9.17) is 4.86 Å². The van der Waals surface area contributed by atoms with Crippen LogP contribution in [-0.2, 0) is 6.18 Å². The molecule has 0 spiro atoms. The predicted molar refractivity (Wildman–Crippen MR) is 347 cm³/mol. The van der Waals surface area contributed by atoms with Gasteiger partial charge in [0.2, 0.25) is 0 Å². The van der Waals surface area contributed by atoms with Gasteiger partial charge in [-0.1, -0.05) is 327 Å². The molecule has 1 N–H and O–H groups in total. The van der Waals surface area contributed by atoms with Gasteiger partial charge in [-0.05, 0) is 60.6 Å². The van der Waals surface area contributed by atoms with E-state index in [0.29, 0.717) is 5.30 Å². The maximum absolute atomic E-state index is 16.3. The molecule has 1 aliphatic carbocycles. The summed E-state index contributed by atoms with van der Waals surface area (Å²) in [5.41, 5.74) is -0.334. The van der Waals surface area contributed by atoms with Crippen molar-refractivity contribution in [1.29, 1.82) is 0 Å². The zero-order valence-corrected chi connectivity index (χ0v) is 54.8. The fourth-order valence-corrected chi connectivity index (χ4v) is 39.8. The zero-order chi connectivity index (χ0) is 54.9.